The molecule has 2 aromatic heterocycles. The molecule has 0 aromatic carbocycles. The van der Waals surface area contributed by atoms with E-state index in [0.717, 1.165) is 24.2 Å². The second kappa shape index (κ2) is 6.02. The summed E-state index contributed by atoms with van der Waals surface area (Å²) in [6, 6.07) is 3.54. The summed E-state index contributed by atoms with van der Waals surface area (Å²) in [7, 11) is -3.25. The number of nitrogens with zero attached hydrogens (tertiary/aromatic N) is 5. The average molecular weight is 377 g/mol. The normalized spacial score (nSPS) is 24.2. The summed E-state index contributed by atoms with van der Waals surface area (Å²) in [5, 5.41) is 4.44. The molecular formula is C17H23N5O3S. The van der Waals surface area contributed by atoms with E-state index in [2.05, 4.69) is 10.1 Å². The van der Waals surface area contributed by atoms with E-state index in [1.807, 2.05) is 24.8 Å². The van der Waals surface area contributed by atoms with E-state index >= 15 is 0 Å². The molecule has 5 heterocycles. The molecule has 2 bridgehead atoms. The first-order valence-electron chi connectivity index (χ1n) is 8.82. The molecule has 3 fully saturated rings. The molecule has 0 saturated carbocycles. The first kappa shape index (κ1) is 17.4. The van der Waals surface area contributed by atoms with Crippen molar-refractivity contribution in [3.8, 4) is 0 Å². The van der Waals surface area contributed by atoms with Crippen LogP contribution in [0.4, 0.5) is 0 Å². The number of amides is 1. The zero-order chi connectivity index (χ0) is 18.6. The number of sulfonamides is 1. The van der Waals surface area contributed by atoms with Crippen molar-refractivity contribution >= 4 is 21.6 Å². The van der Waals surface area contributed by atoms with Crippen molar-refractivity contribution in [1.29, 1.82) is 0 Å². The van der Waals surface area contributed by atoms with Gasteiger partial charge in [-0.05, 0) is 38.7 Å². The van der Waals surface area contributed by atoms with Gasteiger partial charge < -0.3 is 4.90 Å². The van der Waals surface area contributed by atoms with Gasteiger partial charge in [0, 0.05) is 43.1 Å². The smallest absolute Gasteiger partial charge is 0.274 e. The van der Waals surface area contributed by atoms with Crippen LogP contribution in [-0.4, -0.2) is 70.1 Å². The predicted molar refractivity (Wildman–Crippen MR) is 96.4 cm³/mol. The Balaban J connectivity index is 1.66. The van der Waals surface area contributed by atoms with Gasteiger partial charge in [0.2, 0.25) is 10.0 Å². The molecule has 0 N–H and O–H groups in total. The Morgan fingerprint density at radius 2 is 1.92 bits per heavy atom. The summed E-state index contributed by atoms with van der Waals surface area (Å²) >= 11 is 0. The Kier molecular flexibility index (Phi) is 4.03. The van der Waals surface area contributed by atoms with Gasteiger partial charge in [0.1, 0.15) is 0 Å². The number of fused-ring (bicyclic) bond motifs is 5. The van der Waals surface area contributed by atoms with Crippen molar-refractivity contribution in [3.63, 3.8) is 0 Å². The highest BCUT2D eigenvalue weighted by atomic mass is 32.2. The van der Waals surface area contributed by atoms with Crippen LogP contribution in [0.1, 0.15) is 34.7 Å². The second-order valence-corrected chi connectivity index (χ2v) is 9.46. The quantitative estimate of drug-likeness (QED) is 0.774. The predicted octanol–water partition coefficient (Wildman–Crippen LogP) is 0.842. The highest BCUT2D eigenvalue weighted by Gasteiger charge is 2.40. The highest BCUT2D eigenvalue weighted by Crippen LogP contribution is 2.30. The molecule has 0 radical (unpaired) electrons. The Hall–Kier alpha value is -2.00. The summed E-state index contributed by atoms with van der Waals surface area (Å²) in [4.78, 5) is 19.4. The summed E-state index contributed by atoms with van der Waals surface area (Å²) in [6.07, 6.45) is 3.01. The van der Waals surface area contributed by atoms with Gasteiger partial charge in [0.05, 0.1) is 6.26 Å². The van der Waals surface area contributed by atoms with E-state index in [1.165, 1.54) is 10.6 Å². The summed E-state index contributed by atoms with van der Waals surface area (Å²) < 4.78 is 27.2. The van der Waals surface area contributed by atoms with Gasteiger partial charge in [0.25, 0.3) is 5.91 Å². The van der Waals surface area contributed by atoms with Crippen molar-refractivity contribution < 1.29 is 13.2 Å². The summed E-state index contributed by atoms with van der Waals surface area (Å²) in [5.41, 5.74) is 2.83. The Morgan fingerprint density at radius 1 is 1.15 bits per heavy atom. The van der Waals surface area contributed by atoms with Crippen molar-refractivity contribution in [2.45, 2.75) is 32.7 Å². The van der Waals surface area contributed by atoms with E-state index in [4.69, 9.17) is 0 Å². The standard InChI is InChI=1S/C17H23N5O3S/c1-11-6-12(2)22-16(18-11)7-15(19-22)17(23)21-9-13-4-5-14(21)10-20(8-13)26(3,24)25/h6-7,13-14H,4-5,8-10H2,1-3H3/t13-,14+/m1/s1. The van der Waals surface area contributed by atoms with Crippen LogP contribution in [-0.2, 0) is 10.0 Å². The van der Waals surface area contributed by atoms with Crippen LogP contribution in [0.2, 0.25) is 0 Å². The lowest BCUT2D eigenvalue weighted by molar-refractivity contribution is 0.0582. The third-order valence-electron chi connectivity index (χ3n) is 5.36. The molecule has 3 saturated heterocycles. The van der Waals surface area contributed by atoms with Crippen LogP contribution in [0.3, 0.4) is 0 Å². The van der Waals surface area contributed by atoms with Crippen LogP contribution in [0.5, 0.6) is 0 Å². The van der Waals surface area contributed by atoms with Crippen LogP contribution in [0.25, 0.3) is 5.65 Å². The van der Waals surface area contributed by atoms with Crippen molar-refractivity contribution in [1.82, 2.24) is 23.8 Å². The molecule has 0 spiro atoms. The van der Waals surface area contributed by atoms with Gasteiger partial charge >= 0.3 is 0 Å². The van der Waals surface area contributed by atoms with Crippen LogP contribution in [0.15, 0.2) is 12.1 Å². The van der Waals surface area contributed by atoms with E-state index in [0.29, 0.717) is 31.0 Å². The number of piperidine rings is 1. The van der Waals surface area contributed by atoms with Crippen molar-refractivity contribution in [2.24, 2.45) is 5.92 Å². The SMILES string of the molecule is Cc1cc(C)n2nc(C(=O)N3C[C@@H]4CC[C@H]3CN(S(C)(=O)=O)C4)cc2n1. The van der Waals surface area contributed by atoms with Gasteiger partial charge in [-0.15, -0.1) is 0 Å². The molecule has 3 aliphatic rings. The molecule has 5 rings (SSSR count). The van der Waals surface area contributed by atoms with E-state index in [9.17, 15) is 13.2 Å². The van der Waals surface area contributed by atoms with Gasteiger partial charge in [-0.25, -0.2) is 17.9 Å². The maximum absolute atomic E-state index is 13.1. The maximum atomic E-state index is 13.1. The second-order valence-electron chi connectivity index (χ2n) is 7.47. The Labute approximate surface area is 152 Å². The number of rotatable bonds is 2. The van der Waals surface area contributed by atoms with Crippen molar-refractivity contribution in [3.05, 3.63) is 29.2 Å². The lowest BCUT2D eigenvalue weighted by Gasteiger charge is -2.35. The third-order valence-corrected chi connectivity index (χ3v) is 6.60. The topological polar surface area (TPSA) is 87.9 Å². The summed E-state index contributed by atoms with van der Waals surface area (Å²) in [6.45, 7) is 5.28. The van der Waals surface area contributed by atoms with Crippen LogP contribution in [0, 0.1) is 19.8 Å². The minimum atomic E-state index is -3.25. The fraction of sp³-hybridized carbons (Fsp3) is 0.588. The fourth-order valence-corrected chi connectivity index (χ4v) is 5.02. The molecule has 140 valence electrons. The number of carbonyl (C=O) groups is 1. The molecule has 2 atom stereocenters. The molecule has 1 amide bonds. The zero-order valence-electron chi connectivity index (χ0n) is 15.2. The lowest BCUT2D eigenvalue weighted by atomic mass is 9.95. The average Bonchev–Trinajstić information content (AvgIpc) is 2.75. The maximum Gasteiger partial charge on any atom is 0.274 e. The Bertz CT molecular complexity index is 984. The molecular weight excluding hydrogens is 354 g/mol. The molecule has 3 aliphatic heterocycles. The van der Waals surface area contributed by atoms with Crippen molar-refractivity contribution in [2.75, 3.05) is 25.9 Å². The first-order chi connectivity index (χ1) is 12.2. The number of aromatic nitrogens is 3. The molecule has 9 heteroatoms. The van der Waals surface area contributed by atoms with Crippen LogP contribution >= 0.6 is 0 Å². The highest BCUT2D eigenvalue weighted by molar-refractivity contribution is 7.88. The van der Waals surface area contributed by atoms with Gasteiger partial charge in [0.15, 0.2) is 11.3 Å². The number of hydrogen-bond donors (Lipinski definition) is 0. The molecule has 8 nitrogen and oxygen atoms in total. The van der Waals surface area contributed by atoms with Gasteiger partial charge in [-0.3, -0.25) is 4.79 Å². The van der Waals surface area contributed by atoms with E-state index in [1.54, 1.807) is 10.6 Å². The molecule has 0 aliphatic carbocycles. The molecule has 0 unspecified atom stereocenters. The minimum Gasteiger partial charge on any atom is -0.333 e. The van der Waals surface area contributed by atoms with Gasteiger partial charge in [-0.1, -0.05) is 0 Å². The summed E-state index contributed by atoms with van der Waals surface area (Å²) in [5.74, 6) is 0.0316. The van der Waals surface area contributed by atoms with E-state index in [-0.39, 0.29) is 17.9 Å². The molecule has 26 heavy (non-hydrogen) atoms. The van der Waals surface area contributed by atoms with Crippen LogP contribution < -0.4 is 0 Å². The van der Waals surface area contributed by atoms with E-state index < -0.39 is 10.0 Å². The Morgan fingerprint density at radius 3 is 2.65 bits per heavy atom. The number of hydrogen-bond acceptors (Lipinski definition) is 5. The number of carbonyl (C=O) groups excluding carboxylic acids is 1. The third kappa shape index (κ3) is 2.99. The monoisotopic (exact) mass is 377 g/mol. The lowest BCUT2D eigenvalue weighted by Crippen LogP contribution is -2.47. The number of aryl methyl sites for hydroxylation is 2. The fourth-order valence-electron chi connectivity index (χ4n) is 4.10. The zero-order valence-corrected chi connectivity index (χ0v) is 16.0. The largest absolute Gasteiger partial charge is 0.333 e. The minimum absolute atomic E-state index is 0.100. The first-order valence-corrected chi connectivity index (χ1v) is 10.7. The molecule has 2 aromatic rings. The van der Waals surface area contributed by atoms with Gasteiger partial charge in [-0.2, -0.15) is 9.40 Å².